The molecule has 0 aromatic heterocycles. The third kappa shape index (κ3) is 2.52. The quantitative estimate of drug-likeness (QED) is 0.608. The molecule has 2 rings (SSSR count). The minimum atomic E-state index is -5.10. The van der Waals surface area contributed by atoms with Crippen molar-refractivity contribution < 1.29 is 40.3 Å². The summed E-state index contributed by atoms with van der Waals surface area (Å²) >= 11 is 0. The Hall–Kier alpha value is -1.80. The number of rotatable bonds is 4. The van der Waals surface area contributed by atoms with Crippen LogP contribution in [0.25, 0.3) is 0 Å². The van der Waals surface area contributed by atoms with Gasteiger partial charge in [-0.2, -0.15) is 22.0 Å². The van der Waals surface area contributed by atoms with Gasteiger partial charge < -0.3 is 4.74 Å². The van der Waals surface area contributed by atoms with Crippen LogP contribution in [0.4, 0.5) is 30.7 Å². The Balaban J connectivity index is 2.59. The maximum atomic E-state index is 13.8. The fourth-order valence-electron chi connectivity index (χ4n) is 2.16. The predicted octanol–water partition coefficient (Wildman–Crippen LogP) is 4.29. The minimum absolute atomic E-state index is 0.156. The Morgan fingerprint density at radius 1 is 1.23 bits per heavy atom. The molecule has 1 aliphatic carbocycles. The van der Waals surface area contributed by atoms with Crippen LogP contribution >= 0.6 is 0 Å². The number of ether oxygens (including phenoxy) is 1. The lowest BCUT2D eigenvalue weighted by molar-refractivity contribution is -0.138. The molecule has 122 valence electrons. The molecule has 9 heteroatoms. The molecule has 0 heterocycles. The number of carbonyl (C=O) groups is 1. The van der Waals surface area contributed by atoms with Crippen molar-refractivity contribution in [1.29, 1.82) is 0 Å². The average Bonchev–Trinajstić information content (AvgIpc) is 2.60. The van der Waals surface area contributed by atoms with Crippen molar-refractivity contribution in [3.8, 4) is 5.75 Å². The molecule has 1 aliphatic rings. The van der Waals surface area contributed by atoms with Gasteiger partial charge in [-0.15, -0.1) is 0 Å². The van der Waals surface area contributed by atoms with E-state index in [9.17, 15) is 35.5 Å². The molecule has 0 saturated heterocycles. The molecule has 0 spiro atoms. The first kappa shape index (κ1) is 16.6. The highest BCUT2D eigenvalue weighted by Gasteiger charge is 2.60. The summed E-state index contributed by atoms with van der Waals surface area (Å²) in [6.45, 7) is -1.16. The molecule has 0 saturated carbocycles. The molecule has 1 atom stereocenters. The van der Waals surface area contributed by atoms with Gasteiger partial charge in [-0.3, -0.25) is 9.18 Å². The molecule has 1 aromatic rings. The zero-order valence-corrected chi connectivity index (χ0v) is 10.8. The molecule has 0 radical (unpaired) electrons. The summed E-state index contributed by atoms with van der Waals surface area (Å²) in [5.41, 5.74) is -4.21. The number of fused-ring (bicyclic) bond motifs is 1. The Morgan fingerprint density at radius 2 is 1.86 bits per heavy atom. The lowest BCUT2D eigenvalue weighted by Crippen LogP contribution is -2.27. The van der Waals surface area contributed by atoms with Crippen LogP contribution in [0.15, 0.2) is 12.1 Å². The third-order valence-electron chi connectivity index (χ3n) is 3.15. The van der Waals surface area contributed by atoms with Gasteiger partial charge in [0.15, 0.2) is 0 Å². The van der Waals surface area contributed by atoms with Crippen LogP contribution in [0.2, 0.25) is 0 Å². The Bertz CT molecular complexity index is 595. The second kappa shape index (κ2) is 5.44. The smallest absolute Gasteiger partial charge is 0.417 e. The number of ketones is 1. The lowest BCUT2D eigenvalue weighted by Gasteiger charge is -2.15. The highest BCUT2D eigenvalue weighted by molar-refractivity contribution is 6.08. The van der Waals surface area contributed by atoms with E-state index in [1.54, 1.807) is 0 Å². The van der Waals surface area contributed by atoms with Crippen LogP contribution in [-0.2, 0) is 6.18 Å². The number of hydrogen-bond donors (Lipinski definition) is 0. The average molecular weight is 330 g/mol. The van der Waals surface area contributed by atoms with Crippen molar-refractivity contribution in [2.45, 2.75) is 24.7 Å². The minimum Gasteiger partial charge on any atom is -0.493 e. The van der Waals surface area contributed by atoms with Crippen LogP contribution in [0.1, 0.15) is 34.1 Å². The van der Waals surface area contributed by atoms with Crippen LogP contribution < -0.4 is 4.74 Å². The summed E-state index contributed by atoms with van der Waals surface area (Å²) in [6, 6.07) is 1.02. The van der Waals surface area contributed by atoms with Crippen LogP contribution in [-0.4, -0.2) is 25.0 Å². The van der Waals surface area contributed by atoms with E-state index in [1.165, 1.54) is 0 Å². The van der Waals surface area contributed by atoms with Gasteiger partial charge in [0.2, 0.25) is 12.0 Å². The van der Waals surface area contributed by atoms with Crippen LogP contribution in [0, 0.1) is 0 Å². The fourth-order valence-corrected chi connectivity index (χ4v) is 2.16. The van der Waals surface area contributed by atoms with E-state index in [0.717, 1.165) is 0 Å². The van der Waals surface area contributed by atoms with Gasteiger partial charge >= 0.3 is 12.1 Å². The number of benzene rings is 1. The molecule has 0 N–H and O–H groups in total. The Kier molecular flexibility index (Phi) is 4.09. The van der Waals surface area contributed by atoms with Crippen molar-refractivity contribution in [3.05, 3.63) is 28.8 Å². The van der Waals surface area contributed by atoms with Crippen molar-refractivity contribution in [1.82, 2.24) is 0 Å². The molecule has 0 fully saturated rings. The highest BCUT2D eigenvalue weighted by atomic mass is 19.4. The summed E-state index contributed by atoms with van der Waals surface area (Å²) in [4.78, 5) is 11.5. The van der Waals surface area contributed by atoms with Gasteiger partial charge in [-0.25, -0.2) is 4.39 Å². The normalized spacial score (nSPS) is 20.1. The first-order valence-electron chi connectivity index (χ1n) is 6.12. The largest absolute Gasteiger partial charge is 0.493 e. The molecule has 1 aromatic carbocycles. The summed E-state index contributed by atoms with van der Waals surface area (Å²) < 4.78 is 96.0. The monoisotopic (exact) mass is 330 g/mol. The summed E-state index contributed by atoms with van der Waals surface area (Å²) in [6.07, 6.45) is -8.49. The van der Waals surface area contributed by atoms with Gasteiger partial charge in [0.05, 0.1) is 18.8 Å². The van der Waals surface area contributed by atoms with E-state index in [-0.39, 0.29) is 13.0 Å². The molecular weight excluding hydrogens is 321 g/mol. The molecular formula is C13H9F7O2. The topological polar surface area (TPSA) is 26.3 Å². The molecule has 2 nitrogen and oxygen atoms in total. The zero-order chi connectivity index (χ0) is 16.7. The van der Waals surface area contributed by atoms with E-state index in [2.05, 4.69) is 0 Å². The van der Waals surface area contributed by atoms with Crippen molar-refractivity contribution in [2.75, 3.05) is 13.3 Å². The maximum absolute atomic E-state index is 13.8. The molecule has 0 bridgehead atoms. The number of hydrogen-bond acceptors (Lipinski definition) is 2. The van der Waals surface area contributed by atoms with E-state index in [4.69, 9.17) is 4.74 Å². The molecule has 0 amide bonds. The van der Waals surface area contributed by atoms with E-state index in [0.29, 0.717) is 12.1 Å². The standard InChI is InChI=1S/C13H9F7O2/c14-4-1-5-22-7-3-2-6(13(18,19)20)8-9(7)10(15)12(16,17)11(8)21/h2-3,10H,1,4-5H2/t10-/m1/s1. The molecule has 0 aliphatic heterocycles. The van der Waals surface area contributed by atoms with Gasteiger partial charge in [0.1, 0.15) is 5.75 Å². The fraction of sp³-hybridized carbons (Fsp3) is 0.462. The second-order valence-electron chi connectivity index (χ2n) is 4.60. The zero-order valence-electron chi connectivity index (χ0n) is 10.8. The lowest BCUT2D eigenvalue weighted by atomic mass is 10.0. The van der Waals surface area contributed by atoms with E-state index >= 15 is 0 Å². The highest BCUT2D eigenvalue weighted by Crippen LogP contribution is 2.52. The maximum Gasteiger partial charge on any atom is 0.417 e. The number of alkyl halides is 7. The van der Waals surface area contributed by atoms with Crippen LogP contribution in [0.3, 0.4) is 0 Å². The Morgan fingerprint density at radius 3 is 2.41 bits per heavy atom. The van der Waals surface area contributed by atoms with Crippen molar-refractivity contribution >= 4 is 5.78 Å². The number of Topliss-reactive ketones (excluding diaryl/α,β-unsaturated/α-hetero) is 1. The molecule has 22 heavy (non-hydrogen) atoms. The summed E-state index contributed by atoms with van der Waals surface area (Å²) in [5.74, 6) is -7.45. The second-order valence-corrected chi connectivity index (χ2v) is 4.60. The first-order chi connectivity index (χ1) is 10.1. The predicted molar refractivity (Wildman–Crippen MR) is 60.7 cm³/mol. The SMILES string of the molecule is O=C1c2c(C(F)(F)F)ccc(OCCCF)c2[C@@H](F)C1(F)F. The van der Waals surface area contributed by atoms with Gasteiger partial charge in [0, 0.05) is 17.5 Å². The van der Waals surface area contributed by atoms with Crippen LogP contribution in [0.5, 0.6) is 5.75 Å². The van der Waals surface area contributed by atoms with Crippen molar-refractivity contribution in [2.24, 2.45) is 0 Å². The summed E-state index contributed by atoms with van der Waals surface area (Å²) in [5, 5.41) is 0. The summed E-state index contributed by atoms with van der Waals surface area (Å²) in [7, 11) is 0. The van der Waals surface area contributed by atoms with Gasteiger partial charge in [-0.05, 0) is 12.1 Å². The van der Waals surface area contributed by atoms with Gasteiger partial charge in [-0.1, -0.05) is 0 Å². The van der Waals surface area contributed by atoms with Crippen molar-refractivity contribution in [3.63, 3.8) is 0 Å². The molecule has 0 unspecified atom stereocenters. The van der Waals surface area contributed by atoms with Gasteiger partial charge in [0.25, 0.3) is 0 Å². The first-order valence-corrected chi connectivity index (χ1v) is 6.12. The number of carbonyl (C=O) groups excluding carboxylic acids is 1. The number of halogens is 7. The van der Waals surface area contributed by atoms with E-state index in [1.807, 2.05) is 0 Å². The Labute approximate surface area is 119 Å². The third-order valence-corrected chi connectivity index (χ3v) is 3.15. The van der Waals surface area contributed by atoms with E-state index < -0.39 is 53.2 Å².